The molecule has 7 nitrogen and oxygen atoms in total. The van der Waals surface area contributed by atoms with E-state index in [1.165, 1.54) is 11.3 Å². The zero-order valence-electron chi connectivity index (χ0n) is 18.4. The Kier molecular flexibility index (Phi) is 6.93. The van der Waals surface area contributed by atoms with E-state index in [2.05, 4.69) is 16.0 Å². The second-order valence-corrected chi connectivity index (χ2v) is 9.44. The topological polar surface area (TPSA) is 108 Å². The molecule has 33 heavy (non-hydrogen) atoms. The van der Waals surface area contributed by atoms with Crippen LogP contribution in [0.15, 0.2) is 48.5 Å². The maximum Gasteiger partial charge on any atom is 0.326 e. The van der Waals surface area contributed by atoms with Crippen molar-refractivity contribution in [3.63, 3.8) is 0 Å². The molecule has 3 amide bonds. The van der Waals surface area contributed by atoms with Gasteiger partial charge in [0.1, 0.15) is 11.0 Å². The Morgan fingerprint density at radius 1 is 0.970 bits per heavy atom. The molecule has 0 unspecified atom stereocenters. The summed E-state index contributed by atoms with van der Waals surface area (Å²) in [5.41, 5.74) is 1.88. The predicted molar refractivity (Wildman–Crippen MR) is 131 cm³/mol. The second-order valence-electron chi connectivity index (χ2n) is 8.38. The number of aryl methyl sites for hydroxylation is 1. The van der Waals surface area contributed by atoms with Crippen LogP contribution >= 0.6 is 11.3 Å². The molecular formula is C25H27N3O4S. The number of carbonyl (C=O) groups excluding carboxylic acids is 2. The summed E-state index contributed by atoms with van der Waals surface area (Å²) in [4.78, 5) is 38.0. The van der Waals surface area contributed by atoms with Gasteiger partial charge in [0.25, 0.3) is 5.91 Å². The largest absolute Gasteiger partial charge is 0.480 e. The number of carboxylic acids is 1. The summed E-state index contributed by atoms with van der Waals surface area (Å²) in [7, 11) is 0. The number of aliphatic carboxylic acids is 1. The van der Waals surface area contributed by atoms with Crippen LogP contribution in [0.5, 0.6) is 0 Å². The molecule has 1 heterocycles. The zero-order valence-corrected chi connectivity index (χ0v) is 19.2. The summed E-state index contributed by atoms with van der Waals surface area (Å²) in [6, 6.07) is 13.4. The molecule has 172 valence electrons. The minimum Gasteiger partial charge on any atom is -0.480 e. The minimum absolute atomic E-state index is 0.0918. The Morgan fingerprint density at radius 2 is 1.67 bits per heavy atom. The van der Waals surface area contributed by atoms with Crippen LogP contribution in [0.4, 0.5) is 15.5 Å². The maximum atomic E-state index is 13.4. The molecule has 1 aliphatic carbocycles. The van der Waals surface area contributed by atoms with Crippen LogP contribution in [0.3, 0.4) is 0 Å². The normalized spacial score (nSPS) is 15.1. The van der Waals surface area contributed by atoms with Gasteiger partial charge in [0.05, 0.1) is 5.56 Å². The molecule has 0 spiro atoms. The number of rotatable bonds is 6. The number of para-hydroxylation sites is 1. The van der Waals surface area contributed by atoms with Crippen molar-refractivity contribution in [2.45, 2.75) is 45.1 Å². The fourth-order valence-corrected chi connectivity index (χ4v) is 5.49. The number of nitrogens with one attached hydrogen (secondary N) is 3. The number of carboxylic acid groups (broad SMARTS) is 1. The van der Waals surface area contributed by atoms with Gasteiger partial charge in [-0.2, -0.15) is 0 Å². The van der Waals surface area contributed by atoms with Crippen LogP contribution in [-0.2, 0) is 4.79 Å². The van der Waals surface area contributed by atoms with Gasteiger partial charge in [-0.3, -0.25) is 10.1 Å². The van der Waals surface area contributed by atoms with Crippen LogP contribution in [0.2, 0.25) is 0 Å². The Bertz CT molecular complexity index is 1180. The highest BCUT2D eigenvalue weighted by molar-refractivity contribution is 7.23. The molecule has 4 N–H and O–H groups in total. The lowest BCUT2D eigenvalue weighted by atomic mass is 9.84. The summed E-state index contributed by atoms with van der Waals surface area (Å²) in [6.45, 7) is 1.89. The first-order chi connectivity index (χ1) is 15.9. The van der Waals surface area contributed by atoms with Gasteiger partial charge in [0, 0.05) is 15.8 Å². The summed E-state index contributed by atoms with van der Waals surface area (Å²) < 4.78 is 0.832. The molecule has 1 aliphatic rings. The first-order valence-corrected chi connectivity index (χ1v) is 11.9. The van der Waals surface area contributed by atoms with Crippen molar-refractivity contribution in [3.8, 4) is 0 Å². The van der Waals surface area contributed by atoms with Gasteiger partial charge in [0.15, 0.2) is 0 Å². The van der Waals surface area contributed by atoms with Gasteiger partial charge in [-0.25, -0.2) is 9.59 Å². The quantitative estimate of drug-likeness (QED) is 0.379. The summed E-state index contributed by atoms with van der Waals surface area (Å²) in [6.07, 6.45) is 4.60. The fraction of sp³-hybridized carbons (Fsp3) is 0.320. The van der Waals surface area contributed by atoms with E-state index >= 15 is 0 Å². The van der Waals surface area contributed by atoms with E-state index in [-0.39, 0.29) is 11.5 Å². The number of hydrogen-bond acceptors (Lipinski definition) is 4. The molecule has 3 aromatic rings. The van der Waals surface area contributed by atoms with E-state index in [0.717, 1.165) is 42.4 Å². The van der Waals surface area contributed by atoms with Crippen molar-refractivity contribution < 1.29 is 19.5 Å². The van der Waals surface area contributed by atoms with E-state index in [4.69, 9.17) is 0 Å². The Labute approximate surface area is 196 Å². The van der Waals surface area contributed by atoms with Gasteiger partial charge in [-0.15, -0.1) is 11.3 Å². The molecule has 1 saturated carbocycles. The van der Waals surface area contributed by atoms with Gasteiger partial charge < -0.3 is 15.7 Å². The van der Waals surface area contributed by atoms with Gasteiger partial charge >= 0.3 is 12.0 Å². The smallest absolute Gasteiger partial charge is 0.326 e. The Hall–Kier alpha value is -3.39. The zero-order chi connectivity index (χ0) is 23.4. The van der Waals surface area contributed by atoms with Crippen molar-refractivity contribution in [1.29, 1.82) is 0 Å². The third-order valence-electron chi connectivity index (χ3n) is 6.12. The molecule has 2 aromatic carbocycles. The summed E-state index contributed by atoms with van der Waals surface area (Å²) >= 11 is 1.29. The van der Waals surface area contributed by atoms with Gasteiger partial charge in [-0.1, -0.05) is 55.7 Å². The third kappa shape index (κ3) is 5.17. The van der Waals surface area contributed by atoms with E-state index < -0.39 is 23.9 Å². The number of benzene rings is 2. The predicted octanol–water partition coefficient (Wildman–Crippen LogP) is 5.62. The van der Waals surface area contributed by atoms with Gasteiger partial charge in [0.2, 0.25) is 0 Å². The van der Waals surface area contributed by atoms with Crippen LogP contribution < -0.4 is 16.0 Å². The number of fused-ring (bicyclic) bond motifs is 1. The molecule has 0 aliphatic heterocycles. The average Bonchev–Trinajstić information content (AvgIpc) is 3.17. The van der Waals surface area contributed by atoms with Crippen molar-refractivity contribution in [2.75, 3.05) is 10.6 Å². The first-order valence-electron chi connectivity index (χ1n) is 11.1. The lowest BCUT2D eigenvalue weighted by Crippen LogP contribution is -2.46. The second kappa shape index (κ2) is 10.0. The number of amides is 3. The van der Waals surface area contributed by atoms with E-state index in [1.807, 2.05) is 49.4 Å². The highest BCUT2D eigenvalue weighted by Crippen LogP contribution is 2.36. The van der Waals surface area contributed by atoms with E-state index in [9.17, 15) is 19.5 Å². The number of anilines is 2. The van der Waals surface area contributed by atoms with E-state index in [0.29, 0.717) is 16.1 Å². The highest BCUT2D eigenvalue weighted by atomic mass is 32.1. The van der Waals surface area contributed by atoms with Crippen molar-refractivity contribution in [3.05, 3.63) is 59.7 Å². The molecule has 4 rings (SSSR count). The molecule has 0 bridgehead atoms. The standard InChI is InChI=1S/C25H27N3O4S/c1-15-9-5-7-13-18(15)26-25(32)28-23-20(17-12-6-8-14-19(17)33-23)22(29)27-21(24(30)31)16-10-3-2-4-11-16/h5-9,12-14,16,21H,2-4,10-11H2,1H3,(H,27,29)(H,30,31)(H2,26,28,32)/t21-/m0/s1. The lowest BCUT2D eigenvalue weighted by Gasteiger charge is -2.28. The molecule has 0 radical (unpaired) electrons. The number of hydrogen-bond donors (Lipinski definition) is 4. The summed E-state index contributed by atoms with van der Waals surface area (Å²) in [5, 5.41) is 19.2. The SMILES string of the molecule is Cc1ccccc1NC(=O)Nc1sc2ccccc2c1C(=O)N[C@H](C(=O)O)C1CCCCC1. The maximum absolute atomic E-state index is 13.4. The Morgan fingerprint density at radius 3 is 2.39 bits per heavy atom. The number of urea groups is 1. The summed E-state index contributed by atoms with van der Waals surface area (Å²) in [5.74, 6) is -1.61. The molecule has 1 aromatic heterocycles. The minimum atomic E-state index is -1.03. The molecule has 1 atom stereocenters. The first kappa shape index (κ1) is 22.8. The molecule has 8 heteroatoms. The monoisotopic (exact) mass is 465 g/mol. The Balaban J connectivity index is 1.60. The number of carbonyl (C=O) groups is 3. The van der Waals surface area contributed by atoms with Crippen LogP contribution in [0, 0.1) is 12.8 Å². The van der Waals surface area contributed by atoms with Crippen molar-refractivity contribution in [2.24, 2.45) is 5.92 Å². The molecule has 1 fully saturated rings. The van der Waals surface area contributed by atoms with Crippen LogP contribution in [-0.4, -0.2) is 29.1 Å². The number of thiophene rings is 1. The van der Waals surface area contributed by atoms with Gasteiger partial charge in [-0.05, 0) is 43.4 Å². The fourth-order valence-electron chi connectivity index (χ4n) is 4.39. The molecule has 0 saturated heterocycles. The third-order valence-corrected chi connectivity index (χ3v) is 7.20. The van der Waals surface area contributed by atoms with Crippen LogP contribution in [0.1, 0.15) is 48.0 Å². The highest BCUT2D eigenvalue weighted by Gasteiger charge is 2.32. The van der Waals surface area contributed by atoms with Crippen molar-refractivity contribution in [1.82, 2.24) is 5.32 Å². The lowest BCUT2D eigenvalue weighted by molar-refractivity contribution is -0.141. The van der Waals surface area contributed by atoms with Crippen LogP contribution in [0.25, 0.3) is 10.1 Å². The average molecular weight is 466 g/mol. The van der Waals surface area contributed by atoms with Crippen molar-refractivity contribution >= 4 is 50.0 Å². The molecular weight excluding hydrogens is 438 g/mol. The van der Waals surface area contributed by atoms with E-state index in [1.54, 1.807) is 6.07 Å².